The van der Waals surface area contributed by atoms with Crippen molar-refractivity contribution in [2.75, 3.05) is 7.05 Å². The normalized spacial score (nSPS) is 13.1. The Balaban J connectivity index is 1.86. The largest absolute Gasteiger partial charge is 0.294 e. The standard InChI is InChI=1S/C16H21N5OS/c1-9-6-14-18-13(7-15(22)21(14)19-9)8-20(5)10(2)16-11(3)23-12(4)17-16/h6-7,10,19H,8H2,1-5H3/t10-/m0/s1. The van der Waals surface area contributed by atoms with E-state index in [1.54, 1.807) is 17.4 Å². The van der Waals surface area contributed by atoms with E-state index in [2.05, 4.69) is 33.8 Å². The Bertz CT molecular complexity index is 907. The molecule has 0 fully saturated rings. The zero-order chi connectivity index (χ0) is 16.7. The van der Waals surface area contributed by atoms with Crippen molar-refractivity contribution in [1.29, 1.82) is 0 Å². The molecule has 0 aliphatic carbocycles. The molecule has 0 saturated heterocycles. The molecule has 0 aliphatic rings. The number of aryl methyl sites for hydroxylation is 3. The highest BCUT2D eigenvalue weighted by Crippen LogP contribution is 2.26. The van der Waals surface area contributed by atoms with Gasteiger partial charge >= 0.3 is 0 Å². The van der Waals surface area contributed by atoms with Crippen LogP contribution >= 0.6 is 11.3 Å². The van der Waals surface area contributed by atoms with Crippen molar-refractivity contribution in [3.63, 3.8) is 0 Å². The van der Waals surface area contributed by atoms with Crippen molar-refractivity contribution in [2.24, 2.45) is 0 Å². The molecule has 0 aromatic carbocycles. The Labute approximate surface area is 138 Å². The van der Waals surface area contributed by atoms with Gasteiger partial charge in [0.15, 0.2) is 5.65 Å². The van der Waals surface area contributed by atoms with Crippen molar-refractivity contribution in [3.05, 3.63) is 49.5 Å². The molecule has 1 N–H and O–H groups in total. The van der Waals surface area contributed by atoms with Crippen LogP contribution < -0.4 is 5.56 Å². The fourth-order valence-corrected chi connectivity index (χ4v) is 3.68. The number of rotatable bonds is 4. The van der Waals surface area contributed by atoms with E-state index >= 15 is 0 Å². The van der Waals surface area contributed by atoms with Gasteiger partial charge in [-0.15, -0.1) is 11.3 Å². The van der Waals surface area contributed by atoms with E-state index in [1.807, 2.05) is 27.0 Å². The molecule has 3 heterocycles. The predicted molar refractivity (Wildman–Crippen MR) is 92.0 cm³/mol. The molecule has 7 heteroatoms. The van der Waals surface area contributed by atoms with Crippen LogP contribution in [0.15, 0.2) is 16.9 Å². The first-order chi connectivity index (χ1) is 10.8. The fraction of sp³-hybridized carbons (Fsp3) is 0.438. The number of hydrogen-bond donors (Lipinski definition) is 1. The first-order valence-corrected chi connectivity index (χ1v) is 8.39. The summed E-state index contributed by atoms with van der Waals surface area (Å²) < 4.78 is 1.47. The van der Waals surface area contributed by atoms with E-state index in [1.165, 1.54) is 9.39 Å². The Kier molecular flexibility index (Phi) is 4.08. The predicted octanol–water partition coefficient (Wildman–Crippen LogP) is 2.60. The molecule has 122 valence electrons. The molecule has 0 spiro atoms. The van der Waals surface area contributed by atoms with Crippen molar-refractivity contribution in [1.82, 2.24) is 24.5 Å². The quantitative estimate of drug-likeness (QED) is 0.798. The summed E-state index contributed by atoms with van der Waals surface area (Å²) in [6.45, 7) is 8.78. The third-order valence-corrected chi connectivity index (χ3v) is 4.94. The van der Waals surface area contributed by atoms with Crippen LogP contribution in [0.25, 0.3) is 5.65 Å². The SMILES string of the molecule is Cc1cc2nc(CN(C)[C@@H](C)c3nc(C)sc3C)cc(=O)n2[nH]1. The number of H-pyrrole nitrogens is 1. The topological polar surface area (TPSA) is 66.3 Å². The molecule has 3 aromatic heterocycles. The van der Waals surface area contributed by atoms with Gasteiger partial charge in [0.05, 0.1) is 22.4 Å². The smallest absolute Gasteiger partial charge is 0.272 e. The summed E-state index contributed by atoms with van der Waals surface area (Å²) in [5.41, 5.74) is 3.37. The maximum atomic E-state index is 12.2. The molecular weight excluding hydrogens is 310 g/mol. The number of thiazole rings is 1. The van der Waals surface area contributed by atoms with E-state index < -0.39 is 0 Å². The van der Waals surface area contributed by atoms with Crippen LogP contribution in [-0.2, 0) is 6.54 Å². The molecule has 0 aliphatic heterocycles. The lowest BCUT2D eigenvalue weighted by atomic mass is 10.2. The summed E-state index contributed by atoms with van der Waals surface area (Å²) in [4.78, 5) is 24.8. The molecule has 1 atom stereocenters. The molecule has 6 nitrogen and oxygen atoms in total. The van der Waals surface area contributed by atoms with Crippen LogP contribution in [0.4, 0.5) is 0 Å². The number of aromatic amines is 1. The molecule has 3 aromatic rings. The summed E-state index contributed by atoms with van der Waals surface area (Å²) in [6.07, 6.45) is 0. The lowest BCUT2D eigenvalue weighted by Gasteiger charge is -2.23. The van der Waals surface area contributed by atoms with Gasteiger partial charge in [0.1, 0.15) is 0 Å². The monoisotopic (exact) mass is 331 g/mol. The first-order valence-electron chi connectivity index (χ1n) is 7.57. The number of aromatic nitrogens is 4. The van der Waals surface area contributed by atoms with Crippen LogP contribution in [-0.4, -0.2) is 31.5 Å². The van der Waals surface area contributed by atoms with Crippen LogP contribution in [0, 0.1) is 20.8 Å². The second kappa shape index (κ2) is 5.90. The summed E-state index contributed by atoms with van der Waals surface area (Å²) in [5, 5.41) is 4.07. The number of fused-ring (bicyclic) bond motifs is 1. The van der Waals surface area contributed by atoms with Gasteiger partial charge in [-0.25, -0.2) is 14.5 Å². The highest BCUT2D eigenvalue weighted by Gasteiger charge is 2.18. The Morgan fingerprint density at radius 1 is 1.30 bits per heavy atom. The highest BCUT2D eigenvalue weighted by atomic mass is 32.1. The molecule has 0 amide bonds. The van der Waals surface area contributed by atoms with Crippen molar-refractivity contribution < 1.29 is 0 Å². The average molecular weight is 331 g/mol. The van der Waals surface area contributed by atoms with Crippen molar-refractivity contribution >= 4 is 17.0 Å². The summed E-state index contributed by atoms with van der Waals surface area (Å²) in [6, 6.07) is 3.64. The molecule has 0 unspecified atom stereocenters. The lowest BCUT2D eigenvalue weighted by Crippen LogP contribution is -2.25. The minimum atomic E-state index is -0.0835. The molecule has 0 saturated carbocycles. The van der Waals surface area contributed by atoms with Crippen LogP contribution in [0.5, 0.6) is 0 Å². The summed E-state index contributed by atoms with van der Waals surface area (Å²) in [7, 11) is 2.03. The van der Waals surface area contributed by atoms with E-state index in [0.29, 0.717) is 12.2 Å². The average Bonchev–Trinajstić information content (AvgIpc) is 3.00. The Morgan fingerprint density at radius 2 is 2.04 bits per heavy atom. The minimum Gasteiger partial charge on any atom is -0.294 e. The number of hydrogen-bond acceptors (Lipinski definition) is 5. The summed E-state index contributed by atoms with van der Waals surface area (Å²) >= 11 is 1.72. The van der Waals surface area contributed by atoms with Gasteiger partial charge < -0.3 is 0 Å². The summed E-state index contributed by atoms with van der Waals surface area (Å²) in [5.74, 6) is 0. The van der Waals surface area contributed by atoms with Gasteiger partial charge in [-0.2, -0.15) is 0 Å². The van der Waals surface area contributed by atoms with E-state index in [0.717, 1.165) is 22.1 Å². The molecule has 0 radical (unpaired) electrons. The zero-order valence-electron chi connectivity index (χ0n) is 14.0. The molecular formula is C16H21N5OS. The Morgan fingerprint density at radius 3 is 2.70 bits per heavy atom. The van der Waals surface area contributed by atoms with Crippen molar-refractivity contribution in [2.45, 2.75) is 40.3 Å². The van der Waals surface area contributed by atoms with Gasteiger partial charge in [0, 0.05) is 29.2 Å². The third kappa shape index (κ3) is 3.07. The highest BCUT2D eigenvalue weighted by molar-refractivity contribution is 7.11. The molecule has 23 heavy (non-hydrogen) atoms. The van der Waals surface area contributed by atoms with Gasteiger partial charge in [0.2, 0.25) is 0 Å². The lowest BCUT2D eigenvalue weighted by molar-refractivity contribution is 0.245. The van der Waals surface area contributed by atoms with E-state index in [-0.39, 0.29) is 11.6 Å². The first kappa shape index (κ1) is 15.9. The van der Waals surface area contributed by atoms with Gasteiger partial charge in [-0.05, 0) is 34.7 Å². The number of nitrogens with zero attached hydrogens (tertiary/aromatic N) is 4. The number of nitrogens with one attached hydrogen (secondary N) is 1. The third-order valence-electron chi connectivity index (χ3n) is 4.04. The Hall–Kier alpha value is -1.99. The zero-order valence-corrected chi connectivity index (χ0v) is 14.9. The molecule has 0 bridgehead atoms. The van der Waals surface area contributed by atoms with Crippen LogP contribution in [0.3, 0.4) is 0 Å². The van der Waals surface area contributed by atoms with Crippen LogP contribution in [0.2, 0.25) is 0 Å². The van der Waals surface area contributed by atoms with E-state index in [4.69, 9.17) is 0 Å². The second-order valence-corrected chi connectivity index (χ2v) is 7.39. The second-order valence-electron chi connectivity index (χ2n) is 5.98. The van der Waals surface area contributed by atoms with Gasteiger partial charge in [-0.3, -0.25) is 14.8 Å². The van der Waals surface area contributed by atoms with Crippen molar-refractivity contribution in [3.8, 4) is 0 Å². The fourth-order valence-electron chi connectivity index (χ4n) is 2.78. The molecule has 3 rings (SSSR count). The van der Waals surface area contributed by atoms with Crippen LogP contribution in [0.1, 0.15) is 39.9 Å². The minimum absolute atomic E-state index is 0.0835. The van der Waals surface area contributed by atoms with Gasteiger partial charge in [0.25, 0.3) is 5.56 Å². The maximum absolute atomic E-state index is 12.2. The van der Waals surface area contributed by atoms with E-state index in [9.17, 15) is 4.79 Å². The maximum Gasteiger partial charge on any atom is 0.272 e. The van der Waals surface area contributed by atoms with Gasteiger partial charge in [-0.1, -0.05) is 0 Å².